The number of carbonyl (C=O) groups excluding carboxylic acids is 1. The van der Waals surface area contributed by atoms with E-state index in [0.29, 0.717) is 18.2 Å². The van der Waals surface area contributed by atoms with Gasteiger partial charge < -0.3 is 16.0 Å². The molecule has 5 heterocycles. The van der Waals surface area contributed by atoms with Crippen LogP contribution in [0, 0.1) is 6.92 Å². The van der Waals surface area contributed by atoms with Crippen molar-refractivity contribution in [3.8, 4) is 11.3 Å². The molecule has 1 atom stereocenters. The maximum absolute atomic E-state index is 11.6. The number of hydrogen-bond acceptors (Lipinski definition) is 7. The number of amides is 1. The highest BCUT2D eigenvalue weighted by Crippen LogP contribution is 2.29. The first-order chi connectivity index (χ1) is 15.5. The number of nitrogens with two attached hydrogens (primary N) is 1. The summed E-state index contributed by atoms with van der Waals surface area (Å²) in [5.41, 5.74) is 9.87. The number of rotatable bonds is 4. The number of aryl methyl sites for hydroxylation is 1. The van der Waals surface area contributed by atoms with Crippen LogP contribution < -0.4 is 11.1 Å². The first-order valence-corrected chi connectivity index (χ1v) is 10.5. The predicted octanol–water partition coefficient (Wildman–Crippen LogP) is 3.32. The molecule has 0 aliphatic carbocycles. The zero-order valence-corrected chi connectivity index (χ0v) is 18.0. The lowest BCUT2D eigenvalue weighted by Gasteiger charge is -2.14. The lowest BCUT2D eigenvalue weighted by molar-refractivity contribution is -0.127. The zero-order chi connectivity index (χ0) is 22.2. The SMILES string of the molecule is CC(=O)N1CCC(n2cc(Nc3cc4cc(-c5cnccc5C)nc(N)c4cn3)cn2)C1. The van der Waals surface area contributed by atoms with Gasteiger partial charge in [-0.25, -0.2) is 9.97 Å². The summed E-state index contributed by atoms with van der Waals surface area (Å²) in [6.45, 7) is 5.08. The highest BCUT2D eigenvalue weighted by molar-refractivity contribution is 5.94. The van der Waals surface area contributed by atoms with Crippen LogP contribution in [0.25, 0.3) is 22.0 Å². The number of anilines is 3. The molecule has 1 amide bonds. The van der Waals surface area contributed by atoms with E-state index in [1.54, 1.807) is 31.7 Å². The van der Waals surface area contributed by atoms with Crippen LogP contribution in [0.3, 0.4) is 0 Å². The molecule has 9 heteroatoms. The normalized spacial score (nSPS) is 15.9. The lowest BCUT2D eigenvalue weighted by Crippen LogP contribution is -2.26. The number of pyridine rings is 3. The lowest BCUT2D eigenvalue weighted by atomic mass is 10.1. The van der Waals surface area contributed by atoms with Crippen molar-refractivity contribution in [3.05, 3.63) is 54.7 Å². The Labute approximate surface area is 185 Å². The molecule has 4 aromatic heterocycles. The van der Waals surface area contributed by atoms with Gasteiger partial charge in [-0.2, -0.15) is 5.10 Å². The van der Waals surface area contributed by atoms with E-state index in [-0.39, 0.29) is 11.9 Å². The second kappa shape index (κ2) is 7.92. The third-order valence-corrected chi connectivity index (χ3v) is 5.92. The molecule has 3 N–H and O–H groups in total. The maximum atomic E-state index is 11.6. The zero-order valence-electron chi connectivity index (χ0n) is 18.0. The third-order valence-electron chi connectivity index (χ3n) is 5.92. The van der Waals surface area contributed by atoms with E-state index in [1.807, 2.05) is 40.9 Å². The van der Waals surface area contributed by atoms with Gasteiger partial charge in [0.05, 0.1) is 23.6 Å². The first-order valence-electron chi connectivity index (χ1n) is 10.5. The Kier molecular flexibility index (Phi) is 4.93. The van der Waals surface area contributed by atoms with Crippen molar-refractivity contribution in [1.29, 1.82) is 0 Å². The van der Waals surface area contributed by atoms with Crippen LogP contribution in [-0.2, 0) is 4.79 Å². The maximum Gasteiger partial charge on any atom is 0.219 e. The van der Waals surface area contributed by atoms with E-state index in [9.17, 15) is 4.79 Å². The van der Waals surface area contributed by atoms with Crippen molar-refractivity contribution in [2.75, 3.05) is 24.1 Å². The van der Waals surface area contributed by atoms with Gasteiger partial charge in [-0.1, -0.05) is 0 Å². The molecule has 1 aliphatic heterocycles. The Morgan fingerprint density at radius 1 is 1.25 bits per heavy atom. The summed E-state index contributed by atoms with van der Waals surface area (Å²) in [5, 5.41) is 9.53. The fraction of sp³-hybridized carbons (Fsp3) is 0.261. The van der Waals surface area contributed by atoms with Crippen LogP contribution in [-0.4, -0.2) is 48.6 Å². The van der Waals surface area contributed by atoms with E-state index >= 15 is 0 Å². The van der Waals surface area contributed by atoms with Crippen LogP contribution in [0.15, 0.2) is 49.2 Å². The van der Waals surface area contributed by atoms with Crippen molar-refractivity contribution in [3.63, 3.8) is 0 Å². The van der Waals surface area contributed by atoms with E-state index < -0.39 is 0 Å². The summed E-state index contributed by atoms with van der Waals surface area (Å²) in [4.78, 5) is 26.7. The molecule has 1 aliphatic rings. The first kappa shape index (κ1) is 19.9. The minimum atomic E-state index is 0.105. The minimum Gasteiger partial charge on any atom is -0.383 e. The number of hydrogen-bond donors (Lipinski definition) is 2. The average molecular weight is 429 g/mol. The van der Waals surface area contributed by atoms with Gasteiger partial charge in [-0.05, 0) is 42.5 Å². The van der Waals surface area contributed by atoms with Gasteiger partial charge in [-0.15, -0.1) is 0 Å². The summed E-state index contributed by atoms with van der Waals surface area (Å²) in [6, 6.07) is 6.10. The standard InChI is InChI=1S/C23H24N8O/c1-14-3-5-25-10-19(14)21-7-16-8-22(26-11-20(16)23(24)29-21)28-17-9-27-31(12-17)18-4-6-30(13-18)15(2)32/h3,5,7-12,18H,4,6,13H2,1-2H3,(H2,24,29)(H,26,28). The topological polar surface area (TPSA) is 115 Å². The monoisotopic (exact) mass is 428 g/mol. The van der Waals surface area contributed by atoms with E-state index in [4.69, 9.17) is 5.73 Å². The molecular formula is C23H24N8O. The molecule has 32 heavy (non-hydrogen) atoms. The largest absolute Gasteiger partial charge is 0.383 e. The molecular weight excluding hydrogens is 404 g/mol. The van der Waals surface area contributed by atoms with E-state index in [0.717, 1.165) is 46.2 Å². The van der Waals surface area contributed by atoms with Crippen molar-refractivity contribution in [2.24, 2.45) is 0 Å². The van der Waals surface area contributed by atoms with Crippen LogP contribution in [0.4, 0.5) is 17.3 Å². The molecule has 0 bridgehead atoms. The Hall–Kier alpha value is -4.01. The van der Waals surface area contributed by atoms with Gasteiger partial charge in [0.15, 0.2) is 0 Å². The van der Waals surface area contributed by atoms with Gasteiger partial charge in [0, 0.05) is 55.8 Å². The van der Waals surface area contributed by atoms with Gasteiger partial charge in [0.1, 0.15) is 11.6 Å². The fourth-order valence-electron chi connectivity index (χ4n) is 4.11. The molecule has 1 unspecified atom stereocenters. The van der Waals surface area contributed by atoms with Gasteiger partial charge in [0.2, 0.25) is 5.91 Å². The molecule has 9 nitrogen and oxygen atoms in total. The van der Waals surface area contributed by atoms with E-state index in [2.05, 4.69) is 25.4 Å². The molecule has 162 valence electrons. The van der Waals surface area contributed by atoms with Gasteiger partial charge in [0.25, 0.3) is 0 Å². The van der Waals surface area contributed by atoms with Crippen LogP contribution in [0.1, 0.15) is 24.9 Å². The summed E-state index contributed by atoms with van der Waals surface area (Å²) < 4.78 is 1.91. The van der Waals surface area contributed by atoms with Crippen molar-refractivity contribution in [2.45, 2.75) is 26.3 Å². The summed E-state index contributed by atoms with van der Waals surface area (Å²) >= 11 is 0. The van der Waals surface area contributed by atoms with E-state index in [1.165, 1.54) is 0 Å². The Bertz CT molecular complexity index is 1310. The minimum absolute atomic E-state index is 0.105. The quantitative estimate of drug-likeness (QED) is 0.512. The molecule has 1 fully saturated rings. The second-order valence-electron chi connectivity index (χ2n) is 8.12. The Morgan fingerprint density at radius 2 is 2.12 bits per heavy atom. The molecule has 0 radical (unpaired) electrons. The third kappa shape index (κ3) is 3.73. The average Bonchev–Trinajstić information content (AvgIpc) is 3.43. The number of nitrogen functional groups attached to an aromatic ring is 1. The molecule has 0 aromatic carbocycles. The highest BCUT2D eigenvalue weighted by Gasteiger charge is 2.26. The smallest absolute Gasteiger partial charge is 0.219 e. The fourth-order valence-corrected chi connectivity index (χ4v) is 4.11. The number of fused-ring (bicyclic) bond motifs is 1. The van der Waals surface area contributed by atoms with Crippen molar-refractivity contribution < 1.29 is 4.79 Å². The summed E-state index contributed by atoms with van der Waals surface area (Å²) in [6.07, 6.45) is 9.91. The molecule has 4 aromatic rings. The molecule has 5 rings (SSSR count). The number of carbonyl (C=O) groups is 1. The van der Waals surface area contributed by atoms with Gasteiger partial charge >= 0.3 is 0 Å². The summed E-state index contributed by atoms with van der Waals surface area (Å²) in [5.74, 6) is 1.23. The molecule has 1 saturated heterocycles. The number of aromatic nitrogens is 5. The van der Waals surface area contributed by atoms with Crippen molar-refractivity contribution in [1.82, 2.24) is 29.6 Å². The second-order valence-corrected chi connectivity index (χ2v) is 8.12. The predicted molar refractivity (Wildman–Crippen MR) is 123 cm³/mol. The van der Waals surface area contributed by atoms with Crippen LogP contribution in [0.5, 0.6) is 0 Å². The van der Waals surface area contributed by atoms with Gasteiger partial charge in [-0.3, -0.25) is 14.5 Å². The Morgan fingerprint density at radius 3 is 2.91 bits per heavy atom. The van der Waals surface area contributed by atoms with Crippen molar-refractivity contribution >= 4 is 34.0 Å². The highest BCUT2D eigenvalue weighted by atomic mass is 16.2. The number of nitrogens with zero attached hydrogens (tertiary/aromatic N) is 6. The molecule has 0 saturated carbocycles. The number of nitrogens with one attached hydrogen (secondary N) is 1. The number of likely N-dealkylation sites (tertiary alicyclic amines) is 1. The van der Waals surface area contributed by atoms with Crippen LogP contribution in [0.2, 0.25) is 0 Å². The summed E-state index contributed by atoms with van der Waals surface area (Å²) in [7, 11) is 0. The Balaban J connectivity index is 1.40. The molecule has 0 spiro atoms. The van der Waals surface area contributed by atoms with Crippen LogP contribution >= 0.6 is 0 Å².